The highest BCUT2D eigenvalue weighted by molar-refractivity contribution is 5.96. The summed E-state index contributed by atoms with van der Waals surface area (Å²) in [6, 6.07) is 28.8. The predicted octanol–water partition coefficient (Wildman–Crippen LogP) is 10.7. The molecule has 4 aromatic carbocycles. The van der Waals surface area contributed by atoms with Crippen molar-refractivity contribution in [2.24, 2.45) is 0 Å². The van der Waals surface area contributed by atoms with Crippen molar-refractivity contribution in [1.82, 2.24) is 39.5 Å². The molecule has 0 aliphatic heterocycles. The molecule has 3 N–H and O–H groups in total. The maximum Gasteiger partial charge on any atom is 0.360 e. The summed E-state index contributed by atoms with van der Waals surface area (Å²) in [5, 5.41) is 18.8. The van der Waals surface area contributed by atoms with Crippen molar-refractivity contribution in [3.63, 3.8) is 0 Å². The number of pyridine rings is 4. The fraction of sp³-hybridized carbons (Fsp3) is 0.180. The summed E-state index contributed by atoms with van der Waals surface area (Å²) < 4.78 is 62.9. The number of carbonyl (C=O) groups is 2. The average molecular weight is 1120 g/mol. The molecule has 0 radical (unpaired) electrons. The molecule has 10 aromatic rings. The second-order valence-corrected chi connectivity index (χ2v) is 19.0. The van der Waals surface area contributed by atoms with Crippen molar-refractivity contribution in [3.8, 4) is 68.2 Å². The number of ketones is 1. The van der Waals surface area contributed by atoms with Crippen LogP contribution in [0.3, 0.4) is 0 Å². The van der Waals surface area contributed by atoms with Gasteiger partial charge in [0, 0.05) is 64.5 Å². The second kappa shape index (κ2) is 24.4. The number of carboxylic acids is 1. The highest BCUT2D eigenvalue weighted by atomic mass is 19.1. The maximum atomic E-state index is 13.5. The predicted molar refractivity (Wildman–Crippen MR) is 302 cm³/mol. The number of carboxylic acid groups (broad SMARTS) is 1. The van der Waals surface area contributed by atoms with Gasteiger partial charge in [-0.05, 0) is 110 Å². The van der Waals surface area contributed by atoms with Gasteiger partial charge in [0.05, 0.1) is 70.4 Å². The Morgan fingerprint density at radius 2 is 0.988 bits per heavy atom. The molecule has 20 nitrogen and oxygen atoms in total. The van der Waals surface area contributed by atoms with Crippen LogP contribution in [0.5, 0.6) is 46.0 Å². The first-order chi connectivity index (χ1) is 40.2. The van der Waals surface area contributed by atoms with Gasteiger partial charge in [0.15, 0.2) is 34.5 Å². The molecule has 0 unspecified atom stereocenters. The van der Waals surface area contributed by atoms with Gasteiger partial charge in [-0.15, -0.1) is 0 Å². The highest BCUT2D eigenvalue weighted by Gasteiger charge is 2.29. The van der Waals surface area contributed by atoms with Crippen molar-refractivity contribution in [3.05, 3.63) is 196 Å². The summed E-state index contributed by atoms with van der Waals surface area (Å²) in [5.74, 6) is 2.40. The molecule has 83 heavy (non-hydrogen) atoms. The van der Waals surface area contributed by atoms with Crippen molar-refractivity contribution < 1.29 is 51.9 Å². The number of nitrogens with two attached hydrogens (primary N) is 1. The standard InChI is InChI=1S/C31H25FN4O5.C16H15N3O3.C14H11FN2O3/c1-39-28-14-23-25(15-29(28)40-2)33-12-11-27(23)41-22-10-7-20(34-16-22)13-26(37)30-31(38)24(17-36(35-30)21-8-9-21)18-3-5-19(32)6-4-18;1-20-14-7-11-12(8-15(14)21-2)18-6-5-13(11)22-10-3-4-16(17)19-9-10;15-9-3-1-8(2-4-9)11-7-17(10-5-6-10)16-12(13(11)18)14(19)20/h3-7,10-12,14-17,21H,8-9,13H2,1-2H3;3-9H,1-2H3,(H2,17,19);1-4,7,10H,5-6H2,(H,19,20). The number of ether oxygens (including phenoxy) is 6. The topological polar surface area (TPSA) is 257 Å². The molecule has 6 aromatic heterocycles. The fourth-order valence-electron chi connectivity index (χ4n) is 8.66. The van der Waals surface area contributed by atoms with Crippen LogP contribution in [0.2, 0.25) is 0 Å². The zero-order chi connectivity index (χ0) is 58.3. The number of benzene rings is 4. The molecule has 0 spiro atoms. The van der Waals surface area contributed by atoms with Gasteiger partial charge in [-0.3, -0.25) is 38.7 Å². The van der Waals surface area contributed by atoms with Gasteiger partial charge in [0.25, 0.3) is 0 Å². The van der Waals surface area contributed by atoms with E-state index >= 15 is 0 Å². The Hall–Kier alpha value is -10.6. The van der Waals surface area contributed by atoms with Gasteiger partial charge in [-0.25, -0.2) is 18.6 Å². The number of nitrogen functional groups attached to an aromatic ring is 1. The molecule has 0 saturated heterocycles. The van der Waals surface area contributed by atoms with Gasteiger partial charge in [-0.1, -0.05) is 24.3 Å². The van der Waals surface area contributed by atoms with E-state index in [4.69, 9.17) is 39.3 Å². The SMILES string of the molecule is COc1cc2nccc(Oc3ccc(CC(=O)c4nn(C5CC5)cc(-c5ccc(F)cc5)c4=O)nc3)c2cc1OC.COc1cc2nccc(Oc3ccc(N)nc3)c2cc1OC.O=C(O)c1nn(C2CC2)cc(-c2ccc(F)cc2)c1=O. The van der Waals surface area contributed by atoms with Gasteiger partial charge >= 0.3 is 5.97 Å². The summed E-state index contributed by atoms with van der Waals surface area (Å²) in [4.78, 5) is 66.9. The Bertz CT molecular complexity index is 4160. The Morgan fingerprint density at radius 3 is 1.40 bits per heavy atom. The van der Waals surface area contributed by atoms with Crippen molar-refractivity contribution in [2.75, 3.05) is 34.2 Å². The minimum atomic E-state index is -1.35. The summed E-state index contributed by atoms with van der Waals surface area (Å²) in [7, 11) is 6.29. The van der Waals surface area contributed by atoms with Crippen LogP contribution in [-0.4, -0.2) is 84.8 Å². The van der Waals surface area contributed by atoms with Crippen LogP contribution in [0.1, 0.15) is 64.4 Å². The van der Waals surface area contributed by atoms with Crippen molar-refractivity contribution in [2.45, 2.75) is 44.2 Å². The number of carbonyl (C=O) groups excluding carboxylic acids is 1. The number of halogens is 2. The van der Waals surface area contributed by atoms with Gasteiger partial charge in [0.1, 0.15) is 40.5 Å². The Balaban J connectivity index is 0.000000154. The van der Waals surface area contributed by atoms with Gasteiger partial charge in [0.2, 0.25) is 16.6 Å². The normalized spacial score (nSPS) is 12.5. The van der Waals surface area contributed by atoms with Gasteiger partial charge in [-0.2, -0.15) is 10.2 Å². The lowest BCUT2D eigenvalue weighted by Crippen LogP contribution is -2.25. The molecule has 0 atom stereocenters. The highest BCUT2D eigenvalue weighted by Crippen LogP contribution is 2.39. The Morgan fingerprint density at radius 1 is 0.554 bits per heavy atom. The third kappa shape index (κ3) is 12.9. The number of aromatic carboxylic acids is 1. The van der Waals surface area contributed by atoms with Crippen LogP contribution in [0, 0.1) is 11.6 Å². The van der Waals surface area contributed by atoms with Crippen LogP contribution in [0.4, 0.5) is 14.6 Å². The van der Waals surface area contributed by atoms with Crippen molar-refractivity contribution in [1.29, 1.82) is 0 Å². The summed E-state index contributed by atoms with van der Waals surface area (Å²) in [6.07, 6.45) is 13.1. The molecular formula is C61H51F2N9O11. The van der Waals surface area contributed by atoms with Crippen LogP contribution >= 0.6 is 0 Å². The first-order valence-corrected chi connectivity index (χ1v) is 25.8. The number of nitrogens with zero attached hydrogens (tertiary/aromatic N) is 8. The number of hydrogen-bond donors (Lipinski definition) is 2. The van der Waals surface area contributed by atoms with E-state index in [0.29, 0.717) is 79.7 Å². The van der Waals surface area contributed by atoms with Crippen LogP contribution in [-0.2, 0) is 6.42 Å². The number of anilines is 1. The number of methoxy groups -OCH3 is 4. The van der Waals surface area contributed by atoms with Crippen molar-refractivity contribution >= 4 is 39.4 Å². The van der Waals surface area contributed by atoms with E-state index in [1.807, 2.05) is 12.1 Å². The molecule has 6 heterocycles. The number of aromatic nitrogens is 8. The molecular weight excluding hydrogens is 1070 g/mol. The summed E-state index contributed by atoms with van der Waals surface area (Å²) in [6.45, 7) is 0. The third-order valence-corrected chi connectivity index (χ3v) is 13.3. The molecule has 0 amide bonds. The molecule has 22 heteroatoms. The smallest absolute Gasteiger partial charge is 0.360 e. The monoisotopic (exact) mass is 1120 g/mol. The molecule has 12 rings (SSSR count). The fourth-order valence-corrected chi connectivity index (χ4v) is 8.66. The average Bonchev–Trinajstić information content (AvgIpc) is 4.62. The molecule has 0 bridgehead atoms. The molecule has 2 aliphatic carbocycles. The van der Waals surface area contributed by atoms with Crippen LogP contribution < -0.4 is 45.0 Å². The Labute approximate surface area is 471 Å². The summed E-state index contributed by atoms with van der Waals surface area (Å²) in [5.41, 5.74) is 7.20. The van der Waals surface area contributed by atoms with E-state index in [9.17, 15) is 28.0 Å². The summed E-state index contributed by atoms with van der Waals surface area (Å²) >= 11 is 0. The lowest BCUT2D eigenvalue weighted by molar-refractivity contribution is 0.0685. The van der Waals surface area contributed by atoms with Gasteiger partial charge < -0.3 is 39.3 Å². The number of Topliss-reactive ketones (excluding diaryl/α,β-unsaturated/α-hetero) is 1. The molecule has 420 valence electrons. The number of fused-ring (bicyclic) bond motifs is 2. The molecule has 2 fully saturated rings. The van der Waals surface area contributed by atoms with Crippen LogP contribution in [0.25, 0.3) is 44.1 Å². The van der Waals surface area contributed by atoms with E-state index in [1.54, 1.807) is 113 Å². The lowest BCUT2D eigenvalue weighted by Gasteiger charge is -2.12. The maximum absolute atomic E-state index is 13.5. The first-order valence-electron chi connectivity index (χ1n) is 25.8. The van der Waals surface area contributed by atoms with E-state index < -0.39 is 39.9 Å². The zero-order valence-corrected chi connectivity index (χ0v) is 45.0. The number of hydrogen-bond acceptors (Lipinski definition) is 17. The quantitative estimate of drug-likeness (QED) is 0.0852. The minimum absolute atomic E-state index is 0.116. The van der Waals surface area contributed by atoms with E-state index in [2.05, 4.69) is 30.1 Å². The van der Waals surface area contributed by atoms with E-state index in [0.717, 1.165) is 42.0 Å². The van der Waals surface area contributed by atoms with E-state index in [-0.39, 0.29) is 29.8 Å². The third-order valence-electron chi connectivity index (χ3n) is 13.3. The lowest BCUT2D eigenvalue weighted by atomic mass is 10.0. The molecule has 2 aliphatic rings. The van der Waals surface area contributed by atoms with Crippen LogP contribution in [0.15, 0.2) is 156 Å². The Kier molecular flexibility index (Phi) is 16.4. The van der Waals surface area contributed by atoms with E-state index in [1.165, 1.54) is 59.4 Å². The molecule has 2 saturated carbocycles. The second-order valence-electron chi connectivity index (χ2n) is 19.0. The number of rotatable bonds is 16. The largest absolute Gasteiger partial charge is 0.493 e. The first kappa shape index (κ1) is 55.7. The minimum Gasteiger partial charge on any atom is -0.493 e. The zero-order valence-electron chi connectivity index (χ0n) is 45.0.